The highest BCUT2D eigenvalue weighted by atomic mass is 32.1. The van der Waals surface area contributed by atoms with E-state index in [0.717, 1.165) is 11.3 Å². The molecule has 1 aromatic rings. The summed E-state index contributed by atoms with van der Waals surface area (Å²) in [5.74, 6) is 0.229. The van der Waals surface area contributed by atoms with E-state index >= 15 is 0 Å². The average Bonchev–Trinajstić information content (AvgIpc) is 2.21. The molecule has 0 aliphatic rings. The van der Waals surface area contributed by atoms with Gasteiger partial charge in [0.15, 0.2) is 0 Å². The van der Waals surface area contributed by atoms with Gasteiger partial charge in [-0.3, -0.25) is 4.79 Å². The SMILES string of the molecule is CCC(=O)CC(=S)Cc1ccc(C)cc1. The van der Waals surface area contributed by atoms with Crippen molar-refractivity contribution < 1.29 is 4.79 Å². The maximum atomic E-state index is 11.2. The Morgan fingerprint density at radius 2 is 1.87 bits per heavy atom. The second-order valence-corrected chi connectivity index (χ2v) is 4.35. The van der Waals surface area contributed by atoms with Gasteiger partial charge in [0.1, 0.15) is 5.78 Å². The Morgan fingerprint density at radius 3 is 2.40 bits per heavy atom. The molecule has 0 amide bonds. The van der Waals surface area contributed by atoms with Crippen molar-refractivity contribution in [3.05, 3.63) is 35.4 Å². The Balaban J connectivity index is 2.51. The van der Waals surface area contributed by atoms with Gasteiger partial charge in [-0.25, -0.2) is 0 Å². The Bertz CT molecular complexity index is 351. The van der Waals surface area contributed by atoms with Crippen LogP contribution in [-0.4, -0.2) is 10.6 Å². The average molecular weight is 220 g/mol. The third kappa shape index (κ3) is 4.34. The smallest absolute Gasteiger partial charge is 0.137 e. The largest absolute Gasteiger partial charge is 0.299 e. The number of ketones is 1. The molecular weight excluding hydrogens is 204 g/mol. The Morgan fingerprint density at radius 1 is 1.27 bits per heavy atom. The Hall–Kier alpha value is -1.02. The second-order valence-electron chi connectivity index (χ2n) is 3.77. The van der Waals surface area contributed by atoms with Crippen LogP contribution in [0.4, 0.5) is 0 Å². The molecule has 0 aliphatic heterocycles. The van der Waals surface area contributed by atoms with Crippen molar-refractivity contribution in [2.24, 2.45) is 0 Å². The third-order valence-electron chi connectivity index (χ3n) is 2.31. The van der Waals surface area contributed by atoms with Crippen LogP contribution in [0.5, 0.6) is 0 Å². The van der Waals surface area contributed by atoms with Gasteiger partial charge in [0.05, 0.1) is 0 Å². The van der Waals surface area contributed by atoms with Crippen LogP contribution in [0, 0.1) is 6.92 Å². The van der Waals surface area contributed by atoms with E-state index in [1.54, 1.807) is 0 Å². The molecule has 0 atom stereocenters. The third-order valence-corrected chi connectivity index (χ3v) is 2.60. The monoisotopic (exact) mass is 220 g/mol. The van der Waals surface area contributed by atoms with Crippen LogP contribution in [0.1, 0.15) is 30.9 Å². The molecule has 0 unspecified atom stereocenters. The molecule has 0 aliphatic carbocycles. The fourth-order valence-electron chi connectivity index (χ4n) is 1.34. The zero-order valence-electron chi connectivity index (χ0n) is 9.25. The highest BCUT2D eigenvalue weighted by Crippen LogP contribution is 2.07. The highest BCUT2D eigenvalue weighted by molar-refractivity contribution is 7.80. The summed E-state index contributed by atoms with van der Waals surface area (Å²) in [5, 5.41) is 0. The number of thiocarbonyl (C=S) groups is 1. The molecule has 0 radical (unpaired) electrons. The summed E-state index contributed by atoms with van der Waals surface area (Å²) in [4.78, 5) is 12.0. The van der Waals surface area contributed by atoms with E-state index in [4.69, 9.17) is 12.2 Å². The quantitative estimate of drug-likeness (QED) is 0.708. The minimum atomic E-state index is 0.229. The molecule has 80 valence electrons. The first-order chi connectivity index (χ1) is 7.11. The minimum Gasteiger partial charge on any atom is -0.299 e. The molecule has 0 bridgehead atoms. The maximum absolute atomic E-state index is 11.2. The molecule has 2 heteroatoms. The zero-order chi connectivity index (χ0) is 11.3. The van der Waals surface area contributed by atoms with Crippen LogP contribution >= 0.6 is 12.2 Å². The molecule has 0 aromatic heterocycles. The summed E-state index contributed by atoms with van der Waals surface area (Å²) in [6, 6.07) is 8.27. The molecule has 0 saturated heterocycles. The number of carbonyl (C=O) groups excluding carboxylic acids is 1. The number of rotatable bonds is 5. The molecule has 0 heterocycles. The van der Waals surface area contributed by atoms with Crippen molar-refractivity contribution in [1.82, 2.24) is 0 Å². The molecule has 15 heavy (non-hydrogen) atoms. The molecule has 0 fully saturated rings. The van der Waals surface area contributed by atoms with Gasteiger partial charge >= 0.3 is 0 Å². The normalized spacial score (nSPS) is 10.0. The van der Waals surface area contributed by atoms with Crippen molar-refractivity contribution in [1.29, 1.82) is 0 Å². The molecule has 1 aromatic carbocycles. The van der Waals surface area contributed by atoms with E-state index in [2.05, 4.69) is 31.2 Å². The lowest BCUT2D eigenvalue weighted by atomic mass is 10.0. The molecule has 0 saturated carbocycles. The van der Waals surface area contributed by atoms with Gasteiger partial charge in [-0.15, -0.1) is 0 Å². The predicted molar refractivity (Wildman–Crippen MR) is 67.4 cm³/mol. The van der Waals surface area contributed by atoms with Crippen LogP contribution in [0.3, 0.4) is 0 Å². The van der Waals surface area contributed by atoms with E-state index in [1.165, 1.54) is 11.1 Å². The van der Waals surface area contributed by atoms with Gasteiger partial charge in [0.25, 0.3) is 0 Å². The van der Waals surface area contributed by atoms with Gasteiger partial charge in [0, 0.05) is 24.1 Å². The topological polar surface area (TPSA) is 17.1 Å². The Kier molecular flexibility index (Phi) is 4.63. The van der Waals surface area contributed by atoms with Gasteiger partial charge in [-0.1, -0.05) is 49.0 Å². The van der Waals surface area contributed by atoms with Crippen LogP contribution < -0.4 is 0 Å². The van der Waals surface area contributed by atoms with E-state index in [1.807, 2.05) is 6.92 Å². The summed E-state index contributed by atoms with van der Waals surface area (Å²) < 4.78 is 0. The molecule has 1 rings (SSSR count). The number of benzene rings is 1. The van der Waals surface area contributed by atoms with Crippen LogP contribution in [0.2, 0.25) is 0 Å². The van der Waals surface area contributed by atoms with Crippen LogP contribution in [0.15, 0.2) is 24.3 Å². The molecular formula is C13H16OS. The van der Waals surface area contributed by atoms with E-state index in [0.29, 0.717) is 12.8 Å². The first-order valence-corrected chi connectivity index (χ1v) is 5.61. The molecule has 0 spiro atoms. The summed E-state index contributed by atoms with van der Waals surface area (Å²) >= 11 is 5.19. The lowest BCUT2D eigenvalue weighted by molar-refractivity contribution is -0.117. The highest BCUT2D eigenvalue weighted by Gasteiger charge is 2.04. The summed E-state index contributed by atoms with van der Waals surface area (Å²) in [7, 11) is 0. The number of Topliss-reactive ketones (excluding diaryl/α,β-unsaturated/α-hetero) is 1. The van der Waals surface area contributed by atoms with Crippen molar-refractivity contribution in [3.63, 3.8) is 0 Å². The van der Waals surface area contributed by atoms with Crippen molar-refractivity contribution in [2.45, 2.75) is 33.1 Å². The zero-order valence-corrected chi connectivity index (χ0v) is 10.1. The van der Waals surface area contributed by atoms with Crippen molar-refractivity contribution in [3.8, 4) is 0 Å². The summed E-state index contributed by atoms with van der Waals surface area (Å²) in [6.45, 7) is 3.93. The number of hydrogen-bond donors (Lipinski definition) is 0. The number of carbonyl (C=O) groups is 1. The maximum Gasteiger partial charge on any atom is 0.137 e. The van der Waals surface area contributed by atoms with Crippen LogP contribution in [-0.2, 0) is 11.2 Å². The van der Waals surface area contributed by atoms with Crippen LogP contribution in [0.25, 0.3) is 0 Å². The standard InChI is InChI=1S/C13H16OS/c1-3-12(14)9-13(15)8-11-6-4-10(2)5-7-11/h4-7H,3,8-9H2,1-2H3. The number of hydrogen-bond acceptors (Lipinski definition) is 2. The fourth-order valence-corrected chi connectivity index (χ4v) is 1.67. The molecule has 0 N–H and O–H groups in total. The minimum absolute atomic E-state index is 0.229. The second kappa shape index (κ2) is 5.76. The fraction of sp³-hybridized carbons (Fsp3) is 0.385. The summed E-state index contributed by atoms with van der Waals surface area (Å²) in [6.07, 6.45) is 1.76. The first-order valence-electron chi connectivity index (χ1n) is 5.20. The van der Waals surface area contributed by atoms with E-state index < -0.39 is 0 Å². The first kappa shape index (κ1) is 12.1. The number of aryl methyl sites for hydroxylation is 1. The van der Waals surface area contributed by atoms with Gasteiger partial charge < -0.3 is 0 Å². The predicted octanol–water partition coefficient (Wildman–Crippen LogP) is 3.28. The lowest BCUT2D eigenvalue weighted by Gasteiger charge is -2.03. The van der Waals surface area contributed by atoms with E-state index in [-0.39, 0.29) is 5.78 Å². The van der Waals surface area contributed by atoms with Crippen molar-refractivity contribution in [2.75, 3.05) is 0 Å². The van der Waals surface area contributed by atoms with Crippen molar-refractivity contribution >= 4 is 22.9 Å². The van der Waals surface area contributed by atoms with Gasteiger partial charge in [0.2, 0.25) is 0 Å². The lowest BCUT2D eigenvalue weighted by Crippen LogP contribution is -2.07. The summed E-state index contributed by atoms with van der Waals surface area (Å²) in [5.41, 5.74) is 2.43. The van der Waals surface area contributed by atoms with E-state index in [9.17, 15) is 4.79 Å². The Labute approximate surface area is 96.5 Å². The van der Waals surface area contributed by atoms with Gasteiger partial charge in [-0.05, 0) is 12.5 Å². The molecule has 1 nitrogen and oxygen atoms in total. The van der Waals surface area contributed by atoms with Gasteiger partial charge in [-0.2, -0.15) is 0 Å².